The Bertz CT molecular complexity index is 1460. The van der Waals surface area contributed by atoms with Crippen molar-refractivity contribution in [3.63, 3.8) is 0 Å². The van der Waals surface area contributed by atoms with Gasteiger partial charge in [0, 0.05) is 68.7 Å². The fourth-order valence-corrected chi connectivity index (χ4v) is 5.28. The number of aryl methyl sites for hydroxylation is 2. The predicted octanol–water partition coefficient (Wildman–Crippen LogP) is 3.62. The maximum atomic E-state index is 13.4. The highest BCUT2D eigenvalue weighted by molar-refractivity contribution is 6.09. The molecule has 1 N–H and O–H groups in total. The topological polar surface area (TPSA) is 101 Å². The minimum atomic E-state index is -0.276. The quantitative estimate of drug-likeness (QED) is 0.443. The molecule has 2 aliphatic rings. The predicted molar refractivity (Wildman–Crippen MR) is 139 cm³/mol. The van der Waals surface area contributed by atoms with Crippen LogP contribution in [-0.2, 0) is 13.0 Å². The van der Waals surface area contributed by atoms with Crippen molar-refractivity contribution in [2.75, 3.05) is 36.4 Å². The number of fused-ring (bicyclic) bond motifs is 2. The smallest absolute Gasteiger partial charge is 0.261 e. The van der Waals surface area contributed by atoms with Gasteiger partial charge in [-0.2, -0.15) is 5.10 Å². The molecule has 4 aromatic rings. The average molecular weight is 502 g/mol. The third-order valence-corrected chi connectivity index (χ3v) is 7.23. The number of nitrogens with zero attached hydrogens (tertiary/aromatic N) is 6. The molecule has 2 aliphatic heterocycles. The van der Waals surface area contributed by atoms with E-state index in [0.717, 1.165) is 78.8 Å². The van der Waals surface area contributed by atoms with E-state index < -0.39 is 0 Å². The Kier molecular flexibility index (Phi) is 5.63. The minimum Gasteiger partial charge on any atom is -0.487 e. The molecule has 0 aliphatic carbocycles. The van der Waals surface area contributed by atoms with E-state index in [-0.39, 0.29) is 11.5 Å². The lowest BCUT2D eigenvalue weighted by Crippen LogP contribution is -2.46. The lowest BCUT2D eigenvalue weighted by Gasteiger charge is -2.37. The minimum absolute atomic E-state index is 0.231. The number of carbonyl (C=O) groups is 1. The third kappa shape index (κ3) is 4.42. The molecule has 0 bridgehead atoms. The van der Waals surface area contributed by atoms with Gasteiger partial charge in [-0.25, -0.2) is 9.50 Å². The number of nitrogens with one attached hydrogen (secondary N) is 1. The summed E-state index contributed by atoms with van der Waals surface area (Å²) in [4.78, 5) is 22.4. The first-order valence-electron chi connectivity index (χ1n) is 12.6. The molecule has 10 nitrogen and oxygen atoms in total. The van der Waals surface area contributed by atoms with Crippen molar-refractivity contribution in [1.29, 1.82) is 0 Å². The lowest BCUT2D eigenvalue weighted by atomic mass is 10.0. The Labute approximate surface area is 215 Å². The largest absolute Gasteiger partial charge is 0.487 e. The van der Waals surface area contributed by atoms with Crippen LogP contribution in [0, 0.1) is 13.8 Å². The number of benzene rings is 1. The zero-order chi connectivity index (χ0) is 25.7. The normalized spacial score (nSPS) is 17.1. The number of anilines is 2. The summed E-state index contributed by atoms with van der Waals surface area (Å²) in [7, 11) is 0. The molecule has 0 atom stereocenters. The van der Waals surface area contributed by atoms with Crippen molar-refractivity contribution in [3.8, 4) is 5.75 Å². The number of aromatic nitrogens is 4. The number of rotatable bonds is 5. The van der Waals surface area contributed by atoms with Crippen molar-refractivity contribution in [2.24, 2.45) is 0 Å². The highest BCUT2D eigenvalue weighted by atomic mass is 16.5. The average Bonchev–Trinajstić information content (AvgIpc) is 3.53. The first-order valence-corrected chi connectivity index (χ1v) is 12.6. The Morgan fingerprint density at radius 2 is 1.97 bits per heavy atom. The highest BCUT2D eigenvalue weighted by Gasteiger charge is 2.33. The second-order valence-corrected chi connectivity index (χ2v) is 10.5. The molecule has 1 aromatic carbocycles. The summed E-state index contributed by atoms with van der Waals surface area (Å²) >= 11 is 0. The molecule has 1 amide bonds. The van der Waals surface area contributed by atoms with Gasteiger partial charge in [0.05, 0.1) is 23.3 Å². The summed E-state index contributed by atoms with van der Waals surface area (Å²) < 4.78 is 13.2. The van der Waals surface area contributed by atoms with Crippen molar-refractivity contribution in [1.82, 2.24) is 24.7 Å². The standard InChI is InChI=1S/C27H31N7O3/c1-17-21(18(2)37-31-17)16-32-8-10-33(11-9-32)23-13-24-19(14-27(3,4)36-24)12-22(23)30-26(35)20-15-29-34-7-5-6-28-25(20)34/h5-7,12-13,15H,8-11,14,16H2,1-4H3,(H,30,35). The van der Waals surface area contributed by atoms with Crippen molar-refractivity contribution < 1.29 is 14.1 Å². The SMILES string of the molecule is Cc1noc(C)c1CN1CCN(c2cc3c(cc2NC(=O)c2cnn4cccnc24)CC(C)(C)O3)CC1. The monoisotopic (exact) mass is 501 g/mol. The van der Waals surface area contributed by atoms with E-state index in [1.807, 2.05) is 13.8 Å². The van der Waals surface area contributed by atoms with E-state index in [0.29, 0.717) is 11.2 Å². The molecule has 192 valence electrons. The highest BCUT2D eigenvalue weighted by Crippen LogP contribution is 2.42. The second kappa shape index (κ2) is 8.88. The zero-order valence-corrected chi connectivity index (χ0v) is 21.6. The van der Waals surface area contributed by atoms with E-state index >= 15 is 0 Å². The summed E-state index contributed by atoms with van der Waals surface area (Å²) in [5.74, 6) is 1.53. The van der Waals surface area contributed by atoms with Crippen LogP contribution in [0.3, 0.4) is 0 Å². The molecule has 1 fully saturated rings. The van der Waals surface area contributed by atoms with Gasteiger partial charge in [-0.3, -0.25) is 9.69 Å². The van der Waals surface area contributed by atoms with Crippen molar-refractivity contribution >= 4 is 22.9 Å². The second-order valence-electron chi connectivity index (χ2n) is 10.5. The number of piperazine rings is 1. The molecule has 0 saturated carbocycles. The molecule has 10 heteroatoms. The van der Waals surface area contributed by atoms with E-state index in [2.05, 4.69) is 56.3 Å². The molecule has 37 heavy (non-hydrogen) atoms. The van der Waals surface area contributed by atoms with Crippen molar-refractivity contribution in [3.05, 3.63) is 64.9 Å². The van der Waals surface area contributed by atoms with Gasteiger partial charge in [0.15, 0.2) is 5.65 Å². The molecule has 1 saturated heterocycles. The molecule has 3 aromatic heterocycles. The number of ether oxygens (including phenoxy) is 1. The van der Waals surface area contributed by atoms with Gasteiger partial charge >= 0.3 is 0 Å². The molecule has 0 spiro atoms. The first-order chi connectivity index (χ1) is 17.8. The van der Waals surface area contributed by atoms with E-state index in [4.69, 9.17) is 9.26 Å². The summed E-state index contributed by atoms with van der Waals surface area (Å²) in [6, 6.07) is 5.93. The van der Waals surface area contributed by atoms with Crippen LogP contribution in [0.1, 0.15) is 46.8 Å². The van der Waals surface area contributed by atoms with Crippen molar-refractivity contribution in [2.45, 2.75) is 46.3 Å². The number of carbonyl (C=O) groups excluding carboxylic acids is 1. The summed E-state index contributed by atoms with van der Waals surface area (Å²) in [5, 5.41) is 11.5. The van der Waals surface area contributed by atoms with Crippen LogP contribution in [0.2, 0.25) is 0 Å². The lowest BCUT2D eigenvalue weighted by molar-refractivity contribution is 0.102. The maximum Gasteiger partial charge on any atom is 0.261 e. The van der Waals surface area contributed by atoms with Crippen LogP contribution >= 0.6 is 0 Å². The number of hydrogen-bond acceptors (Lipinski definition) is 8. The Balaban J connectivity index is 1.26. The van der Waals surface area contributed by atoms with Crippen LogP contribution in [0.5, 0.6) is 5.75 Å². The fraction of sp³-hybridized carbons (Fsp3) is 0.407. The Hall–Kier alpha value is -3.92. The third-order valence-electron chi connectivity index (χ3n) is 7.23. The first kappa shape index (κ1) is 23.5. The molecule has 0 radical (unpaired) electrons. The molecule has 0 unspecified atom stereocenters. The van der Waals surface area contributed by atoms with Crippen LogP contribution in [0.25, 0.3) is 5.65 Å². The molecule has 6 rings (SSSR count). The van der Waals surface area contributed by atoms with Gasteiger partial charge in [-0.05, 0) is 39.8 Å². The van der Waals surface area contributed by atoms with E-state index in [9.17, 15) is 4.79 Å². The Morgan fingerprint density at radius 1 is 1.16 bits per heavy atom. The number of amides is 1. The van der Waals surface area contributed by atoms with Gasteiger partial charge in [-0.1, -0.05) is 5.16 Å². The molecular weight excluding hydrogens is 470 g/mol. The number of hydrogen-bond donors (Lipinski definition) is 1. The van der Waals surface area contributed by atoms with E-state index in [1.165, 1.54) is 0 Å². The maximum absolute atomic E-state index is 13.4. The Morgan fingerprint density at radius 3 is 2.73 bits per heavy atom. The van der Waals surface area contributed by atoms with Gasteiger partial charge < -0.3 is 19.5 Å². The van der Waals surface area contributed by atoms with Crippen LogP contribution in [0.15, 0.2) is 41.3 Å². The fourth-order valence-electron chi connectivity index (χ4n) is 5.28. The summed E-state index contributed by atoms with van der Waals surface area (Å²) in [6.45, 7) is 12.4. The summed E-state index contributed by atoms with van der Waals surface area (Å²) in [5.41, 5.74) is 5.64. The van der Waals surface area contributed by atoms with Gasteiger partial charge in [0.25, 0.3) is 5.91 Å². The molecular formula is C27H31N7O3. The van der Waals surface area contributed by atoms with Crippen LogP contribution in [0.4, 0.5) is 11.4 Å². The van der Waals surface area contributed by atoms with Gasteiger partial charge in [-0.15, -0.1) is 0 Å². The van der Waals surface area contributed by atoms with Crippen LogP contribution in [-0.4, -0.2) is 62.3 Å². The van der Waals surface area contributed by atoms with E-state index in [1.54, 1.807) is 29.2 Å². The zero-order valence-electron chi connectivity index (χ0n) is 21.6. The van der Waals surface area contributed by atoms with Gasteiger partial charge in [0.1, 0.15) is 22.7 Å². The summed E-state index contributed by atoms with van der Waals surface area (Å²) in [6.07, 6.45) is 5.79. The molecule has 5 heterocycles. The van der Waals surface area contributed by atoms with Gasteiger partial charge in [0.2, 0.25) is 0 Å². The van der Waals surface area contributed by atoms with Crippen LogP contribution < -0.4 is 15.0 Å².